The lowest BCUT2D eigenvalue weighted by Gasteiger charge is -2.06. The van der Waals surface area contributed by atoms with Crippen LogP contribution in [0.5, 0.6) is 0 Å². The van der Waals surface area contributed by atoms with Crippen molar-refractivity contribution in [2.75, 3.05) is 0 Å². The zero-order valence-electron chi connectivity index (χ0n) is 10.3. The normalized spacial score (nSPS) is 10.8. The topological polar surface area (TPSA) is 30.2 Å². The lowest BCUT2D eigenvalue weighted by Crippen LogP contribution is -1.98. The molecular weight excluding hydrogens is 260 g/mol. The number of halogens is 1. The summed E-state index contributed by atoms with van der Waals surface area (Å²) in [4.78, 5) is 11.6. The van der Waals surface area contributed by atoms with Crippen molar-refractivity contribution in [2.24, 2.45) is 0 Å². The van der Waals surface area contributed by atoms with Crippen molar-refractivity contribution in [3.63, 3.8) is 0 Å². The standard InChI is InChI=1S/C16H11ClO2/c1-10-2-4-11(5-3-10)13-9-16(18)19-15-7-6-12(17)8-14(13)15/h2-9H,1H3. The van der Waals surface area contributed by atoms with Gasteiger partial charge in [0.05, 0.1) is 0 Å². The quantitative estimate of drug-likeness (QED) is 0.613. The highest BCUT2D eigenvalue weighted by Crippen LogP contribution is 2.29. The van der Waals surface area contributed by atoms with Gasteiger partial charge < -0.3 is 4.42 Å². The molecule has 94 valence electrons. The fourth-order valence-electron chi connectivity index (χ4n) is 2.11. The minimum Gasteiger partial charge on any atom is -0.423 e. The van der Waals surface area contributed by atoms with E-state index in [1.165, 1.54) is 11.6 Å². The van der Waals surface area contributed by atoms with Gasteiger partial charge >= 0.3 is 5.63 Å². The van der Waals surface area contributed by atoms with Gasteiger partial charge in [0.2, 0.25) is 0 Å². The Morgan fingerprint density at radius 3 is 2.47 bits per heavy atom. The van der Waals surface area contributed by atoms with Crippen molar-refractivity contribution < 1.29 is 4.42 Å². The molecule has 3 aromatic rings. The molecule has 1 aromatic heterocycles. The largest absolute Gasteiger partial charge is 0.423 e. The van der Waals surface area contributed by atoms with Gasteiger partial charge in [-0.2, -0.15) is 0 Å². The van der Waals surface area contributed by atoms with Gasteiger partial charge in [-0.25, -0.2) is 4.79 Å². The number of benzene rings is 2. The van der Waals surface area contributed by atoms with Crippen LogP contribution < -0.4 is 5.63 Å². The second-order valence-corrected chi connectivity index (χ2v) is 4.92. The molecule has 3 rings (SSSR count). The van der Waals surface area contributed by atoms with E-state index in [0.717, 1.165) is 16.5 Å². The maximum atomic E-state index is 11.6. The molecule has 1 heterocycles. The van der Waals surface area contributed by atoms with Crippen LogP contribution in [-0.4, -0.2) is 0 Å². The van der Waals surface area contributed by atoms with Crippen LogP contribution in [0.1, 0.15) is 5.56 Å². The highest BCUT2D eigenvalue weighted by Gasteiger charge is 2.08. The maximum absolute atomic E-state index is 11.6. The van der Waals surface area contributed by atoms with E-state index in [0.29, 0.717) is 10.6 Å². The third-order valence-electron chi connectivity index (χ3n) is 3.07. The van der Waals surface area contributed by atoms with E-state index in [9.17, 15) is 4.79 Å². The Morgan fingerprint density at radius 2 is 1.74 bits per heavy atom. The molecule has 0 aliphatic carbocycles. The first-order valence-corrected chi connectivity index (χ1v) is 6.32. The summed E-state index contributed by atoms with van der Waals surface area (Å²) in [5, 5.41) is 1.46. The van der Waals surface area contributed by atoms with E-state index in [1.807, 2.05) is 37.3 Å². The summed E-state index contributed by atoms with van der Waals surface area (Å²) in [6.07, 6.45) is 0. The molecule has 0 fully saturated rings. The molecule has 0 amide bonds. The predicted molar refractivity (Wildman–Crippen MR) is 77.7 cm³/mol. The third kappa shape index (κ3) is 2.27. The van der Waals surface area contributed by atoms with E-state index in [1.54, 1.807) is 12.1 Å². The summed E-state index contributed by atoms with van der Waals surface area (Å²) in [7, 11) is 0. The Labute approximate surface area is 115 Å². The van der Waals surface area contributed by atoms with Crippen molar-refractivity contribution >= 4 is 22.6 Å². The summed E-state index contributed by atoms with van der Waals surface area (Å²) in [5.74, 6) is 0. The van der Waals surface area contributed by atoms with Gasteiger partial charge in [0.15, 0.2) is 0 Å². The van der Waals surface area contributed by atoms with Crippen molar-refractivity contribution in [2.45, 2.75) is 6.92 Å². The minimum absolute atomic E-state index is 0.356. The summed E-state index contributed by atoms with van der Waals surface area (Å²) >= 11 is 6.02. The van der Waals surface area contributed by atoms with Crippen LogP contribution in [-0.2, 0) is 0 Å². The molecule has 0 saturated heterocycles. The van der Waals surface area contributed by atoms with Gasteiger partial charge in [0.25, 0.3) is 0 Å². The summed E-state index contributed by atoms with van der Waals surface area (Å²) in [6.45, 7) is 2.03. The maximum Gasteiger partial charge on any atom is 0.336 e. The van der Waals surface area contributed by atoms with Crippen molar-refractivity contribution in [1.82, 2.24) is 0 Å². The second-order valence-electron chi connectivity index (χ2n) is 4.49. The molecule has 2 nitrogen and oxygen atoms in total. The molecule has 0 aliphatic rings. The van der Waals surface area contributed by atoms with E-state index >= 15 is 0 Å². The molecule has 0 bridgehead atoms. The average molecular weight is 271 g/mol. The molecule has 0 spiro atoms. The van der Waals surface area contributed by atoms with Gasteiger partial charge in [-0.1, -0.05) is 41.4 Å². The minimum atomic E-state index is -0.356. The molecular formula is C16H11ClO2. The fourth-order valence-corrected chi connectivity index (χ4v) is 2.28. The molecule has 2 aromatic carbocycles. The molecule has 0 unspecified atom stereocenters. The molecule has 3 heteroatoms. The Balaban J connectivity index is 2.35. The number of hydrogen-bond donors (Lipinski definition) is 0. The van der Waals surface area contributed by atoms with E-state index < -0.39 is 0 Å². The van der Waals surface area contributed by atoms with E-state index in [-0.39, 0.29) is 5.63 Å². The van der Waals surface area contributed by atoms with Crippen LogP contribution in [0, 0.1) is 6.92 Å². The summed E-state index contributed by atoms with van der Waals surface area (Å²) in [6, 6.07) is 14.8. The first-order valence-electron chi connectivity index (χ1n) is 5.94. The highest BCUT2D eigenvalue weighted by atomic mass is 35.5. The van der Waals surface area contributed by atoms with Crippen LogP contribution in [0.3, 0.4) is 0 Å². The monoisotopic (exact) mass is 270 g/mol. The van der Waals surface area contributed by atoms with Gasteiger partial charge in [-0.05, 0) is 36.2 Å². The van der Waals surface area contributed by atoms with Crippen LogP contribution >= 0.6 is 11.6 Å². The van der Waals surface area contributed by atoms with Gasteiger partial charge in [-0.15, -0.1) is 0 Å². The van der Waals surface area contributed by atoms with Crippen LogP contribution in [0.2, 0.25) is 5.02 Å². The highest BCUT2D eigenvalue weighted by molar-refractivity contribution is 6.31. The summed E-state index contributed by atoms with van der Waals surface area (Å²) < 4.78 is 5.19. The zero-order chi connectivity index (χ0) is 13.4. The Kier molecular flexibility index (Phi) is 2.88. The lowest BCUT2D eigenvalue weighted by atomic mass is 10.0. The SMILES string of the molecule is Cc1ccc(-c2cc(=O)oc3ccc(Cl)cc23)cc1. The first kappa shape index (κ1) is 12.0. The van der Waals surface area contributed by atoms with Gasteiger partial charge in [0.1, 0.15) is 5.58 Å². The van der Waals surface area contributed by atoms with Gasteiger partial charge in [0, 0.05) is 16.5 Å². The van der Waals surface area contributed by atoms with Crippen molar-refractivity contribution in [3.8, 4) is 11.1 Å². The van der Waals surface area contributed by atoms with Crippen molar-refractivity contribution in [3.05, 3.63) is 69.5 Å². The zero-order valence-corrected chi connectivity index (χ0v) is 11.1. The first-order chi connectivity index (χ1) is 9.13. The van der Waals surface area contributed by atoms with Crippen LogP contribution in [0.25, 0.3) is 22.1 Å². The smallest absolute Gasteiger partial charge is 0.336 e. The van der Waals surface area contributed by atoms with Crippen molar-refractivity contribution in [1.29, 1.82) is 0 Å². The van der Waals surface area contributed by atoms with Crippen LogP contribution in [0.4, 0.5) is 0 Å². The number of aryl methyl sites for hydroxylation is 1. The predicted octanol–water partition coefficient (Wildman–Crippen LogP) is 4.42. The Hall–Kier alpha value is -2.06. The summed E-state index contributed by atoms with van der Waals surface area (Å²) in [5.41, 5.74) is 3.19. The van der Waals surface area contributed by atoms with Crippen LogP contribution in [0.15, 0.2) is 57.7 Å². The third-order valence-corrected chi connectivity index (χ3v) is 3.30. The van der Waals surface area contributed by atoms with E-state index in [2.05, 4.69) is 0 Å². The molecule has 0 N–H and O–H groups in total. The lowest BCUT2D eigenvalue weighted by molar-refractivity contribution is 0.561. The van der Waals surface area contributed by atoms with E-state index in [4.69, 9.17) is 16.0 Å². The number of hydrogen-bond acceptors (Lipinski definition) is 2. The molecule has 0 saturated carbocycles. The molecule has 0 atom stereocenters. The number of fused-ring (bicyclic) bond motifs is 1. The fraction of sp³-hybridized carbons (Fsp3) is 0.0625. The molecule has 19 heavy (non-hydrogen) atoms. The number of rotatable bonds is 1. The molecule has 0 radical (unpaired) electrons. The second kappa shape index (κ2) is 4.56. The average Bonchev–Trinajstić information content (AvgIpc) is 2.39. The molecule has 0 aliphatic heterocycles. The Morgan fingerprint density at radius 1 is 1.00 bits per heavy atom. The van der Waals surface area contributed by atoms with Gasteiger partial charge in [-0.3, -0.25) is 0 Å². The Bertz CT molecular complexity index is 801.